The van der Waals surface area contributed by atoms with Crippen molar-refractivity contribution >= 4 is 28.4 Å². The number of hydrogen-bond acceptors (Lipinski definition) is 3. The Morgan fingerprint density at radius 1 is 1.20 bits per heavy atom. The summed E-state index contributed by atoms with van der Waals surface area (Å²) >= 11 is 0.519. The molecule has 0 unspecified atom stereocenters. The van der Waals surface area contributed by atoms with Gasteiger partial charge in [-0.2, -0.15) is 0 Å². The van der Waals surface area contributed by atoms with Crippen molar-refractivity contribution in [3.63, 3.8) is 0 Å². The smallest absolute Gasteiger partial charge is 0.308 e. The van der Waals surface area contributed by atoms with E-state index in [1.165, 1.54) is 0 Å². The molecule has 0 atom stereocenters. The zero-order valence-corrected chi connectivity index (χ0v) is 3.20. The largest absolute Gasteiger partial charge is 0.369 e. The molecule has 5 heavy (non-hydrogen) atoms. The van der Waals surface area contributed by atoms with Gasteiger partial charge in [-0.05, 0) is 0 Å². The van der Waals surface area contributed by atoms with Crippen LogP contribution in [0.2, 0.25) is 0 Å². The SMILES string of the molecule is [B]OSO[B]. The minimum absolute atomic E-state index is 0.519. The molecular weight excluding hydrogens is 85.7 g/mol. The molecule has 0 aliphatic heterocycles. The highest BCUT2D eigenvalue weighted by atomic mass is 32.2. The maximum Gasteiger partial charge on any atom is 0.308 e. The third kappa shape index (κ3) is 4.40. The van der Waals surface area contributed by atoms with Crippen molar-refractivity contribution in [1.82, 2.24) is 0 Å². The standard InChI is InChI=1S/B2O2S/c1-3-5-4-2. The lowest BCUT2D eigenvalue weighted by Gasteiger charge is -1.85. The van der Waals surface area contributed by atoms with Crippen LogP contribution in [-0.2, 0) is 8.20 Å². The summed E-state index contributed by atoms with van der Waals surface area (Å²) in [4.78, 5) is 0. The van der Waals surface area contributed by atoms with Crippen molar-refractivity contribution in [2.45, 2.75) is 0 Å². The van der Waals surface area contributed by atoms with Crippen LogP contribution in [0.25, 0.3) is 0 Å². The molecule has 0 saturated carbocycles. The molecule has 2 nitrogen and oxygen atoms in total. The third-order valence-electron chi connectivity index (χ3n) is 0.0786. The van der Waals surface area contributed by atoms with E-state index in [0.29, 0.717) is 12.3 Å². The molecule has 0 aromatic carbocycles. The van der Waals surface area contributed by atoms with E-state index in [0.717, 1.165) is 0 Å². The Hall–Kier alpha value is 0.400. The van der Waals surface area contributed by atoms with Crippen LogP contribution < -0.4 is 0 Å². The molecule has 0 rings (SSSR count). The Morgan fingerprint density at radius 3 is 1.60 bits per heavy atom. The molecule has 0 fully saturated rings. The molecule has 0 aromatic heterocycles. The molecule has 0 amide bonds. The summed E-state index contributed by atoms with van der Waals surface area (Å²) in [6.45, 7) is 0. The van der Waals surface area contributed by atoms with E-state index < -0.39 is 0 Å². The van der Waals surface area contributed by atoms with Crippen molar-refractivity contribution in [2.24, 2.45) is 0 Å². The average molecular weight is 85.7 g/mol. The predicted molar refractivity (Wildman–Crippen MR) is 21.3 cm³/mol. The summed E-state index contributed by atoms with van der Waals surface area (Å²) in [5.41, 5.74) is 0. The Bertz CT molecular complexity index is 15.1. The molecule has 0 saturated heterocycles. The Balaban J connectivity index is 2.19. The Labute approximate surface area is 37.5 Å². The molecule has 0 aromatic rings. The van der Waals surface area contributed by atoms with Gasteiger partial charge in [-0.1, -0.05) is 0 Å². The molecular formula is B2O2S. The van der Waals surface area contributed by atoms with Gasteiger partial charge < -0.3 is 8.20 Å². The maximum absolute atomic E-state index is 4.40. The Kier molecular flexibility index (Phi) is 4.75. The second kappa shape index (κ2) is 4.40. The van der Waals surface area contributed by atoms with Gasteiger partial charge >= 0.3 is 16.1 Å². The van der Waals surface area contributed by atoms with E-state index in [4.69, 9.17) is 0 Å². The molecule has 0 spiro atoms. The average Bonchev–Trinajstić information content (AvgIpc) is 1.41. The van der Waals surface area contributed by atoms with Crippen molar-refractivity contribution in [2.75, 3.05) is 0 Å². The summed E-state index contributed by atoms with van der Waals surface area (Å²) in [5, 5.41) is 0. The molecule has 5 heteroatoms. The maximum atomic E-state index is 4.40. The van der Waals surface area contributed by atoms with Gasteiger partial charge in [-0.3, -0.25) is 0 Å². The summed E-state index contributed by atoms with van der Waals surface area (Å²) in [7, 11) is 8.79. The Morgan fingerprint density at radius 2 is 1.60 bits per heavy atom. The molecule has 0 aliphatic carbocycles. The van der Waals surface area contributed by atoms with Gasteiger partial charge in [0.1, 0.15) is 12.3 Å². The monoisotopic (exact) mass is 86.0 g/mol. The summed E-state index contributed by atoms with van der Waals surface area (Å²) in [6.07, 6.45) is 0. The van der Waals surface area contributed by atoms with Gasteiger partial charge in [0.25, 0.3) is 0 Å². The molecule has 4 radical (unpaired) electrons. The lowest BCUT2D eigenvalue weighted by atomic mass is 10.6. The molecule has 0 N–H and O–H groups in total. The quantitative estimate of drug-likeness (QED) is 0.340. The fourth-order valence-corrected chi connectivity index (χ4v) is 0.0680. The first-order valence-corrected chi connectivity index (χ1v) is 1.47. The van der Waals surface area contributed by atoms with Crippen molar-refractivity contribution in [3.8, 4) is 0 Å². The highest BCUT2D eigenvalue weighted by Crippen LogP contribution is 1.93. The number of hydrogen-bond donors (Lipinski definition) is 0. The lowest BCUT2D eigenvalue weighted by Crippen LogP contribution is -1.69. The zero-order valence-electron chi connectivity index (χ0n) is 2.38. The van der Waals surface area contributed by atoms with E-state index in [-0.39, 0.29) is 0 Å². The van der Waals surface area contributed by atoms with Crippen LogP contribution in [0.1, 0.15) is 0 Å². The first kappa shape index (κ1) is 5.40. The van der Waals surface area contributed by atoms with E-state index in [1.807, 2.05) is 0 Å². The van der Waals surface area contributed by atoms with E-state index in [1.54, 1.807) is 0 Å². The molecule has 24 valence electrons. The van der Waals surface area contributed by atoms with Crippen LogP contribution in [0.4, 0.5) is 0 Å². The van der Waals surface area contributed by atoms with Crippen molar-refractivity contribution < 1.29 is 8.20 Å². The highest BCUT2D eigenvalue weighted by Gasteiger charge is 1.67. The predicted octanol–water partition coefficient (Wildman–Crippen LogP) is -0.250. The topological polar surface area (TPSA) is 18.5 Å². The van der Waals surface area contributed by atoms with Crippen molar-refractivity contribution in [3.05, 3.63) is 0 Å². The van der Waals surface area contributed by atoms with Crippen LogP contribution in [0.3, 0.4) is 0 Å². The van der Waals surface area contributed by atoms with Crippen LogP contribution >= 0.6 is 12.3 Å². The fourth-order valence-electron chi connectivity index (χ4n) is 0.0227. The van der Waals surface area contributed by atoms with Gasteiger partial charge in [0.05, 0.1) is 0 Å². The summed E-state index contributed by atoms with van der Waals surface area (Å²) < 4.78 is 7.52. The van der Waals surface area contributed by atoms with Gasteiger partial charge in [0.15, 0.2) is 0 Å². The molecule has 0 aliphatic rings. The molecule has 0 bridgehead atoms. The normalized spacial score (nSPS) is 8.00. The minimum atomic E-state index is 0.519. The minimum Gasteiger partial charge on any atom is -0.369 e. The van der Waals surface area contributed by atoms with E-state index >= 15 is 0 Å². The van der Waals surface area contributed by atoms with Gasteiger partial charge in [-0.25, -0.2) is 0 Å². The van der Waals surface area contributed by atoms with Crippen LogP contribution in [0, 0.1) is 0 Å². The summed E-state index contributed by atoms with van der Waals surface area (Å²) in [6, 6.07) is 0. The van der Waals surface area contributed by atoms with Gasteiger partial charge in [0, 0.05) is 0 Å². The first-order chi connectivity index (χ1) is 2.41. The van der Waals surface area contributed by atoms with Gasteiger partial charge in [0.2, 0.25) is 0 Å². The van der Waals surface area contributed by atoms with Crippen LogP contribution in [0.15, 0.2) is 0 Å². The third-order valence-corrected chi connectivity index (χ3v) is 0.236. The number of rotatable bonds is 2. The second-order valence-electron chi connectivity index (χ2n) is 0.260. The second-order valence-corrected chi connectivity index (χ2v) is 0.781. The summed E-state index contributed by atoms with van der Waals surface area (Å²) in [5.74, 6) is 0. The fraction of sp³-hybridized carbons (Fsp3) is 0. The zero-order chi connectivity index (χ0) is 4.12. The highest BCUT2D eigenvalue weighted by molar-refractivity contribution is 7.91. The first-order valence-electron chi connectivity index (χ1n) is 0.805. The van der Waals surface area contributed by atoms with E-state index in [2.05, 4.69) is 24.3 Å². The van der Waals surface area contributed by atoms with Crippen molar-refractivity contribution in [1.29, 1.82) is 0 Å². The lowest BCUT2D eigenvalue weighted by molar-refractivity contribution is 0.605. The van der Waals surface area contributed by atoms with Crippen LogP contribution in [-0.4, -0.2) is 16.1 Å². The van der Waals surface area contributed by atoms with E-state index in [9.17, 15) is 0 Å². The van der Waals surface area contributed by atoms with Crippen LogP contribution in [0.5, 0.6) is 0 Å². The van der Waals surface area contributed by atoms with Gasteiger partial charge in [-0.15, -0.1) is 0 Å². The molecule has 0 heterocycles.